The molecule has 2 rings (SSSR count). The Morgan fingerprint density at radius 1 is 1.10 bits per heavy atom. The second-order valence-electron chi connectivity index (χ2n) is 7.34. The van der Waals surface area contributed by atoms with Crippen LogP contribution < -0.4 is 0 Å². The van der Waals surface area contributed by atoms with Gasteiger partial charge in [0.15, 0.2) is 5.65 Å². The van der Waals surface area contributed by atoms with Crippen molar-refractivity contribution in [2.24, 2.45) is 5.41 Å². The van der Waals surface area contributed by atoms with E-state index in [4.69, 9.17) is 11.6 Å². The van der Waals surface area contributed by atoms with Gasteiger partial charge in [-0.05, 0) is 44.7 Å². The van der Waals surface area contributed by atoms with Crippen LogP contribution in [-0.4, -0.2) is 14.5 Å². The molecule has 0 aromatic carbocycles. The van der Waals surface area contributed by atoms with Gasteiger partial charge in [0.2, 0.25) is 0 Å². The lowest BCUT2D eigenvalue weighted by Gasteiger charge is -2.35. The topological polar surface area (TPSA) is 30.7 Å². The van der Waals surface area contributed by atoms with Gasteiger partial charge in [0, 0.05) is 11.2 Å². The third-order valence-electron chi connectivity index (χ3n) is 3.40. The van der Waals surface area contributed by atoms with Crippen LogP contribution in [0.1, 0.15) is 52.6 Å². The Balaban J connectivity index is 2.64. The molecule has 0 amide bonds. The smallest absolute Gasteiger partial charge is 0.160 e. The van der Waals surface area contributed by atoms with Gasteiger partial charge in [0.05, 0.1) is 5.88 Å². The SMILES string of the molecule is Cc1ccc2nc(CCl)n(C(C)(C)CC(C)(C)C)c2n1. The molecule has 20 heavy (non-hydrogen) atoms. The summed E-state index contributed by atoms with van der Waals surface area (Å²) < 4.78 is 2.22. The fourth-order valence-corrected chi connectivity index (χ4v) is 3.38. The Morgan fingerprint density at radius 3 is 2.30 bits per heavy atom. The number of nitrogens with zero attached hydrogens (tertiary/aromatic N) is 3. The maximum atomic E-state index is 6.11. The molecule has 0 bridgehead atoms. The van der Waals surface area contributed by atoms with Gasteiger partial charge in [0.1, 0.15) is 11.3 Å². The Kier molecular flexibility index (Phi) is 3.85. The Bertz CT molecular complexity index is 620. The third kappa shape index (κ3) is 2.98. The summed E-state index contributed by atoms with van der Waals surface area (Å²) in [7, 11) is 0. The van der Waals surface area contributed by atoms with E-state index >= 15 is 0 Å². The lowest BCUT2D eigenvalue weighted by atomic mass is 9.81. The number of aromatic nitrogens is 3. The van der Waals surface area contributed by atoms with Crippen molar-refractivity contribution in [3.8, 4) is 0 Å². The first-order valence-electron chi connectivity index (χ1n) is 7.05. The van der Waals surface area contributed by atoms with Crippen LogP contribution in [0.4, 0.5) is 0 Å². The minimum atomic E-state index is -0.0714. The molecule has 2 aromatic heterocycles. The molecular formula is C16H24ClN3. The van der Waals surface area contributed by atoms with Crippen molar-refractivity contribution in [2.45, 2.75) is 59.4 Å². The van der Waals surface area contributed by atoms with Crippen LogP contribution in [0.2, 0.25) is 0 Å². The molecule has 3 nitrogen and oxygen atoms in total. The second-order valence-corrected chi connectivity index (χ2v) is 7.61. The molecule has 0 N–H and O–H groups in total. The molecule has 0 fully saturated rings. The number of aryl methyl sites for hydroxylation is 1. The van der Waals surface area contributed by atoms with Crippen LogP contribution in [0.15, 0.2) is 12.1 Å². The summed E-state index contributed by atoms with van der Waals surface area (Å²) in [5, 5.41) is 0. The van der Waals surface area contributed by atoms with E-state index in [1.807, 2.05) is 19.1 Å². The van der Waals surface area contributed by atoms with Crippen molar-refractivity contribution >= 4 is 22.8 Å². The van der Waals surface area contributed by atoms with Crippen LogP contribution >= 0.6 is 11.6 Å². The molecule has 4 heteroatoms. The highest BCUT2D eigenvalue weighted by atomic mass is 35.5. The average molecular weight is 294 g/mol. The van der Waals surface area contributed by atoms with Crippen molar-refractivity contribution in [1.29, 1.82) is 0 Å². The molecule has 0 aliphatic rings. The van der Waals surface area contributed by atoms with Crippen LogP contribution in [-0.2, 0) is 11.4 Å². The van der Waals surface area contributed by atoms with Gasteiger partial charge in [-0.1, -0.05) is 20.8 Å². The van der Waals surface area contributed by atoms with Crippen molar-refractivity contribution < 1.29 is 0 Å². The number of hydrogen-bond acceptors (Lipinski definition) is 2. The van der Waals surface area contributed by atoms with Crippen molar-refractivity contribution in [1.82, 2.24) is 14.5 Å². The summed E-state index contributed by atoms with van der Waals surface area (Å²) in [6, 6.07) is 4.02. The fraction of sp³-hybridized carbons (Fsp3) is 0.625. The molecule has 0 saturated heterocycles. The Labute approximate surface area is 126 Å². The molecule has 110 valence electrons. The molecule has 0 unspecified atom stereocenters. The molecule has 2 heterocycles. The number of halogens is 1. The van der Waals surface area contributed by atoms with Crippen LogP contribution in [0, 0.1) is 12.3 Å². The number of fused-ring (bicyclic) bond motifs is 1. The maximum absolute atomic E-state index is 6.11. The lowest BCUT2D eigenvalue weighted by Crippen LogP contribution is -2.32. The zero-order valence-electron chi connectivity index (χ0n) is 13.3. The van der Waals surface area contributed by atoms with Crippen LogP contribution in [0.3, 0.4) is 0 Å². The molecule has 0 aliphatic carbocycles. The lowest BCUT2D eigenvalue weighted by molar-refractivity contribution is 0.215. The van der Waals surface area contributed by atoms with E-state index in [1.165, 1.54) is 0 Å². The van der Waals surface area contributed by atoms with Gasteiger partial charge in [-0.3, -0.25) is 0 Å². The minimum absolute atomic E-state index is 0.0714. The highest BCUT2D eigenvalue weighted by molar-refractivity contribution is 6.16. The van der Waals surface area contributed by atoms with E-state index < -0.39 is 0 Å². The minimum Gasteiger partial charge on any atom is -0.306 e. The molecule has 0 aliphatic heterocycles. The second kappa shape index (κ2) is 5.03. The number of imidazole rings is 1. The largest absolute Gasteiger partial charge is 0.306 e. The van der Waals surface area contributed by atoms with Crippen molar-refractivity contribution in [2.75, 3.05) is 0 Å². The van der Waals surface area contributed by atoms with Crippen LogP contribution in [0.5, 0.6) is 0 Å². The average Bonchev–Trinajstić information content (AvgIpc) is 2.63. The summed E-state index contributed by atoms with van der Waals surface area (Å²) in [6.45, 7) is 13.2. The number of alkyl halides is 1. The Hall–Kier alpha value is -1.09. The summed E-state index contributed by atoms with van der Waals surface area (Å²) in [5.41, 5.74) is 3.03. The van der Waals surface area contributed by atoms with Gasteiger partial charge in [-0.15, -0.1) is 11.6 Å². The molecule has 0 spiro atoms. The molecule has 0 radical (unpaired) electrons. The molecular weight excluding hydrogens is 270 g/mol. The number of rotatable bonds is 3. The Morgan fingerprint density at radius 2 is 1.75 bits per heavy atom. The van der Waals surface area contributed by atoms with Crippen molar-refractivity contribution in [3.05, 3.63) is 23.7 Å². The fourth-order valence-electron chi connectivity index (χ4n) is 3.20. The first kappa shape index (κ1) is 15.3. The summed E-state index contributed by atoms with van der Waals surface area (Å²) >= 11 is 6.11. The summed E-state index contributed by atoms with van der Waals surface area (Å²) in [6.07, 6.45) is 1.03. The zero-order chi connectivity index (χ0) is 15.1. The predicted molar refractivity (Wildman–Crippen MR) is 85.2 cm³/mol. The van der Waals surface area contributed by atoms with Gasteiger partial charge >= 0.3 is 0 Å². The van der Waals surface area contributed by atoms with Gasteiger partial charge in [-0.25, -0.2) is 9.97 Å². The molecule has 0 saturated carbocycles. The van der Waals surface area contributed by atoms with Crippen molar-refractivity contribution in [3.63, 3.8) is 0 Å². The summed E-state index contributed by atoms with van der Waals surface area (Å²) in [4.78, 5) is 9.32. The zero-order valence-corrected chi connectivity index (χ0v) is 14.0. The first-order valence-corrected chi connectivity index (χ1v) is 7.59. The van der Waals surface area contributed by atoms with E-state index in [2.05, 4.69) is 49.2 Å². The van der Waals surface area contributed by atoms with E-state index in [-0.39, 0.29) is 11.0 Å². The summed E-state index contributed by atoms with van der Waals surface area (Å²) in [5.74, 6) is 1.30. The normalized spacial score (nSPS) is 13.2. The van der Waals surface area contributed by atoms with Gasteiger partial charge in [0.25, 0.3) is 0 Å². The predicted octanol–water partition coefficient (Wildman–Crippen LogP) is 4.65. The maximum Gasteiger partial charge on any atom is 0.160 e. The molecule has 2 aromatic rings. The van der Waals surface area contributed by atoms with E-state index in [1.54, 1.807) is 0 Å². The quantitative estimate of drug-likeness (QED) is 0.771. The highest BCUT2D eigenvalue weighted by Crippen LogP contribution is 2.35. The van der Waals surface area contributed by atoms with Gasteiger partial charge in [-0.2, -0.15) is 0 Å². The highest BCUT2D eigenvalue weighted by Gasteiger charge is 2.31. The number of hydrogen-bond donors (Lipinski definition) is 0. The van der Waals surface area contributed by atoms with E-state index in [0.717, 1.165) is 29.1 Å². The van der Waals surface area contributed by atoms with E-state index in [0.29, 0.717) is 5.88 Å². The van der Waals surface area contributed by atoms with E-state index in [9.17, 15) is 0 Å². The standard InChI is InChI=1S/C16H24ClN3/c1-11-7-8-12-14(18-11)20(13(9-17)19-12)16(5,6)10-15(2,3)4/h7-8H,9-10H2,1-6H3. The number of pyridine rings is 1. The third-order valence-corrected chi connectivity index (χ3v) is 3.64. The molecule has 0 atom stereocenters. The monoisotopic (exact) mass is 293 g/mol. The van der Waals surface area contributed by atoms with Gasteiger partial charge < -0.3 is 4.57 Å². The van der Waals surface area contributed by atoms with Crippen LogP contribution in [0.25, 0.3) is 11.2 Å². The first-order chi connectivity index (χ1) is 9.14.